The van der Waals surface area contributed by atoms with Gasteiger partial charge in [0.05, 0.1) is 6.33 Å². The fourth-order valence-corrected chi connectivity index (χ4v) is 3.43. The number of nitrogens with one attached hydrogen (secondary N) is 3. The van der Waals surface area contributed by atoms with Gasteiger partial charge in [0.2, 0.25) is 0 Å². The fraction of sp³-hybridized carbons (Fsp3) is 0.217. The Kier molecular flexibility index (Phi) is 8.05. The van der Waals surface area contributed by atoms with Crippen molar-refractivity contribution in [1.82, 2.24) is 25.2 Å². The summed E-state index contributed by atoms with van der Waals surface area (Å²) in [5, 5.41) is 7.58. The van der Waals surface area contributed by atoms with Gasteiger partial charge in [0.15, 0.2) is 5.96 Å². The van der Waals surface area contributed by atoms with Gasteiger partial charge in [-0.1, -0.05) is 24.3 Å². The second-order valence-corrected chi connectivity index (χ2v) is 7.16. The van der Waals surface area contributed by atoms with Crippen LogP contribution in [0.1, 0.15) is 16.7 Å². The molecule has 4 aromatic rings. The summed E-state index contributed by atoms with van der Waals surface area (Å²) >= 11 is 0. The molecule has 6 nitrogen and oxygen atoms in total. The lowest BCUT2D eigenvalue weighted by Crippen LogP contribution is -2.37. The number of rotatable bonds is 7. The van der Waals surface area contributed by atoms with E-state index < -0.39 is 0 Å². The highest BCUT2D eigenvalue weighted by Gasteiger charge is 2.06. The summed E-state index contributed by atoms with van der Waals surface area (Å²) in [6, 6.07) is 13.3. The molecular weight excluding hydrogens is 506 g/mol. The van der Waals surface area contributed by atoms with E-state index in [0.717, 1.165) is 35.4 Å². The summed E-state index contributed by atoms with van der Waals surface area (Å²) in [6.07, 6.45) is 8.27. The topological polar surface area (TPSA) is 70.0 Å². The van der Waals surface area contributed by atoms with E-state index in [2.05, 4.69) is 49.9 Å². The largest absolute Gasteiger partial charge is 0.361 e. The Balaban J connectivity index is 0.00000272. The molecule has 0 saturated carbocycles. The molecule has 31 heavy (non-hydrogen) atoms. The maximum absolute atomic E-state index is 13.5. The molecular formula is C23H26FIN6. The number of benzene rings is 2. The zero-order valence-electron chi connectivity index (χ0n) is 17.3. The number of aliphatic imine (C=N–C) groups is 1. The first-order valence-corrected chi connectivity index (χ1v) is 9.95. The lowest BCUT2D eigenvalue weighted by Gasteiger charge is -2.12. The van der Waals surface area contributed by atoms with Crippen molar-refractivity contribution in [1.29, 1.82) is 0 Å². The molecule has 0 radical (unpaired) electrons. The summed E-state index contributed by atoms with van der Waals surface area (Å²) in [5.74, 6) is 0.522. The number of aromatic nitrogens is 3. The summed E-state index contributed by atoms with van der Waals surface area (Å²) in [6.45, 7) is 2.20. The molecule has 4 rings (SSSR count). The smallest absolute Gasteiger partial charge is 0.191 e. The van der Waals surface area contributed by atoms with Gasteiger partial charge in [-0.25, -0.2) is 9.37 Å². The molecule has 0 spiro atoms. The molecule has 0 aliphatic rings. The minimum Gasteiger partial charge on any atom is -0.361 e. The predicted molar refractivity (Wildman–Crippen MR) is 133 cm³/mol. The van der Waals surface area contributed by atoms with Crippen LogP contribution in [-0.4, -0.2) is 34.1 Å². The van der Waals surface area contributed by atoms with E-state index in [9.17, 15) is 4.39 Å². The molecule has 3 N–H and O–H groups in total. The van der Waals surface area contributed by atoms with Crippen LogP contribution in [-0.2, 0) is 19.5 Å². The molecule has 0 bridgehead atoms. The van der Waals surface area contributed by atoms with Crippen molar-refractivity contribution in [3.8, 4) is 0 Å². The monoisotopic (exact) mass is 532 g/mol. The first-order chi connectivity index (χ1) is 14.7. The molecule has 0 aliphatic heterocycles. The molecule has 2 aromatic heterocycles. The van der Waals surface area contributed by atoms with Crippen molar-refractivity contribution >= 4 is 40.8 Å². The number of nitrogens with zero attached hydrogens (tertiary/aromatic N) is 3. The van der Waals surface area contributed by atoms with Gasteiger partial charge in [0.1, 0.15) is 5.82 Å². The molecule has 0 atom stereocenters. The van der Waals surface area contributed by atoms with E-state index in [1.807, 2.05) is 23.3 Å². The minimum atomic E-state index is -0.218. The lowest BCUT2D eigenvalue weighted by atomic mass is 10.1. The molecule has 0 amide bonds. The minimum absolute atomic E-state index is 0. The van der Waals surface area contributed by atoms with Crippen LogP contribution in [0.3, 0.4) is 0 Å². The predicted octanol–water partition coefficient (Wildman–Crippen LogP) is 4.08. The van der Waals surface area contributed by atoms with Crippen LogP contribution in [0.2, 0.25) is 0 Å². The van der Waals surface area contributed by atoms with Crippen molar-refractivity contribution in [2.75, 3.05) is 13.6 Å². The Morgan fingerprint density at radius 2 is 1.94 bits per heavy atom. The Morgan fingerprint density at radius 3 is 2.68 bits per heavy atom. The lowest BCUT2D eigenvalue weighted by molar-refractivity contribution is 0.629. The number of halogens is 2. The van der Waals surface area contributed by atoms with Crippen LogP contribution in [0, 0.1) is 5.82 Å². The highest BCUT2D eigenvalue weighted by atomic mass is 127. The number of hydrogen-bond acceptors (Lipinski definition) is 2. The highest BCUT2D eigenvalue weighted by Crippen LogP contribution is 2.19. The molecule has 0 fully saturated rings. The summed E-state index contributed by atoms with van der Waals surface area (Å²) in [5.41, 5.74) is 4.44. The van der Waals surface area contributed by atoms with Gasteiger partial charge >= 0.3 is 0 Å². The Bertz CT molecular complexity index is 1120. The van der Waals surface area contributed by atoms with E-state index in [1.54, 1.807) is 25.4 Å². The van der Waals surface area contributed by atoms with Crippen molar-refractivity contribution in [2.45, 2.75) is 19.5 Å². The number of H-pyrrole nitrogens is 1. The average Bonchev–Trinajstić information content (AvgIpc) is 3.41. The molecule has 8 heteroatoms. The maximum Gasteiger partial charge on any atom is 0.191 e. The van der Waals surface area contributed by atoms with Crippen molar-refractivity contribution in [2.24, 2.45) is 4.99 Å². The normalized spacial score (nSPS) is 11.4. The number of aromatic amines is 1. The average molecular weight is 532 g/mol. The van der Waals surface area contributed by atoms with Crippen molar-refractivity contribution in [3.63, 3.8) is 0 Å². The van der Waals surface area contributed by atoms with Gasteiger partial charge in [-0.05, 0) is 41.3 Å². The van der Waals surface area contributed by atoms with Crippen LogP contribution in [0.25, 0.3) is 10.9 Å². The number of hydrogen-bond donors (Lipinski definition) is 3. The van der Waals surface area contributed by atoms with E-state index in [-0.39, 0.29) is 29.8 Å². The highest BCUT2D eigenvalue weighted by molar-refractivity contribution is 14.0. The first-order valence-electron chi connectivity index (χ1n) is 9.95. The van der Waals surface area contributed by atoms with Gasteiger partial charge in [0, 0.05) is 56.2 Å². The molecule has 0 aliphatic carbocycles. The van der Waals surface area contributed by atoms with Gasteiger partial charge in [-0.15, -0.1) is 24.0 Å². The Morgan fingerprint density at radius 1 is 1.13 bits per heavy atom. The van der Waals surface area contributed by atoms with Crippen molar-refractivity contribution < 1.29 is 4.39 Å². The maximum atomic E-state index is 13.5. The number of imidazole rings is 1. The first kappa shape index (κ1) is 22.8. The van der Waals surface area contributed by atoms with Crippen LogP contribution in [0.15, 0.2) is 72.4 Å². The van der Waals surface area contributed by atoms with Gasteiger partial charge in [0.25, 0.3) is 0 Å². The quantitative estimate of drug-likeness (QED) is 0.191. The van der Waals surface area contributed by atoms with Crippen LogP contribution in [0.4, 0.5) is 4.39 Å². The second kappa shape index (κ2) is 10.9. The fourth-order valence-electron chi connectivity index (χ4n) is 3.43. The van der Waals surface area contributed by atoms with Crippen LogP contribution < -0.4 is 10.6 Å². The summed E-state index contributed by atoms with van der Waals surface area (Å²) in [4.78, 5) is 11.5. The molecule has 2 aromatic carbocycles. The van der Waals surface area contributed by atoms with E-state index in [4.69, 9.17) is 0 Å². The Labute approximate surface area is 198 Å². The summed E-state index contributed by atoms with van der Waals surface area (Å²) in [7, 11) is 1.75. The molecule has 0 unspecified atom stereocenters. The van der Waals surface area contributed by atoms with E-state index in [0.29, 0.717) is 13.1 Å². The molecule has 2 heterocycles. The van der Waals surface area contributed by atoms with Crippen LogP contribution in [0.5, 0.6) is 0 Å². The molecule has 0 saturated heterocycles. The third kappa shape index (κ3) is 6.06. The molecule has 162 valence electrons. The number of guanidine groups is 1. The van der Waals surface area contributed by atoms with E-state index >= 15 is 0 Å². The van der Waals surface area contributed by atoms with Crippen LogP contribution >= 0.6 is 24.0 Å². The SMILES string of the molecule is CN=C(NCCc1c[nH]c2ccc(F)cc12)NCc1ccc(Cn2ccnc2)cc1.I. The van der Waals surface area contributed by atoms with Crippen molar-refractivity contribution in [3.05, 3.63) is 89.9 Å². The third-order valence-corrected chi connectivity index (χ3v) is 5.05. The second-order valence-electron chi connectivity index (χ2n) is 7.16. The van der Waals surface area contributed by atoms with Gasteiger partial charge in [-0.3, -0.25) is 4.99 Å². The third-order valence-electron chi connectivity index (χ3n) is 5.05. The zero-order chi connectivity index (χ0) is 20.8. The van der Waals surface area contributed by atoms with E-state index in [1.165, 1.54) is 17.2 Å². The zero-order valence-corrected chi connectivity index (χ0v) is 19.6. The summed E-state index contributed by atoms with van der Waals surface area (Å²) < 4.78 is 15.6. The van der Waals surface area contributed by atoms with Gasteiger partial charge < -0.3 is 20.2 Å². The number of fused-ring (bicyclic) bond motifs is 1. The Hall–Kier alpha value is -2.88. The standard InChI is InChI=1S/C23H25FN6.HI/c1-25-23(27-9-8-19-14-28-22-7-6-20(24)12-21(19)22)29-13-17-2-4-18(5-3-17)15-30-11-10-26-16-30;/h2-7,10-12,14,16,28H,8-9,13,15H2,1H3,(H2,25,27,29);1H. The van der Waals surface area contributed by atoms with Gasteiger partial charge in [-0.2, -0.15) is 0 Å².